The summed E-state index contributed by atoms with van der Waals surface area (Å²) in [6, 6.07) is 11.9. The third kappa shape index (κ3) is 2.38. The van der Waals surface area contributed by atoms with Gasteiger partial charge in [0.15, 0.2) is 0 Å². The van der Waals surface area contributed by atoms with Crippen molar-refractivity contribution >= 4 is 10.9 Å². The van der Waals surface area contributed by atoms with Gasteiger partial charge in [0.1, 0.15) is 0 Å². The Labute approximate surface area is 94.9 Å². The van der Waals surface area contributed by atoms with Gasteiger partial charge in [0.25, 0.3) is 0 Å². The van der Waals surface area contributed by atoms with Gasteiger partial charge in [-0.05, 0) is 25.0 Å². The minimum absolute atomic E-state index is 0.0863. The zero-order valence-corrected chi connectivity index (χ0v) is 9.13. The molecule has 1 heterocycles. The third-order valence-corrected chi connectivity index (χ3v) is 2.67. The molecule has 0 aliphatic heterocycles. The van der Waals surface area contributed by atoms with Crippen LogP contribution in [0.15, 0.2) is 36.4 Å². The van der Waals surface area contributed by atoms with E-state index < -0.39 is 0 Å². The lowest BCUT2D eigenvalue weighted by atomic mass is 10.1. The van der Waals surface area contributed by atoms with Crippen LogP contribution >= 0.6 is 0 Å². The summed E-state index contributed by atoms with van der Waals surface area (Å²) in [5, 5.41) is 9.88. The topological polar surface area (TPSA) is 59.1 Å². The van der Waals surface area contributed by atoms with Crippen molar-refractivity contribution in [1.82, 2.24) is 4.98 Å². The minimum atomic E-state index is -0.0863. The summed E-state index contributed by atoms with van der Waals surface area (Å²) in [7, 11) is 0. The molecule has 1 aromatic heterocycles. The van der Waals surface area contributed by atoms with E-state index in [-0.39, 0.29) is 12.6 Å². The molecule has 0 aliphatic carbocycles. The lowest BCUT2D eigenvalue weighted by Gasteiger charge is -2.10. The van der Waals surface area contributed by atoms with E-state index >= 15 is 0 Å². The molecule has 1 atom stereocenters. The third-order valence-electron chi connectivity index (χ3n) is 2.67. The Bertz CT molecular complexity index is 470. The number of benzene rings is 1. The van der Waals surface area contributed by atoms with Gasteiger partial charge in [-0.25, -0.2) is 0 Å². The van der Waals surface area contributed by atoms with Crippen molar-refractivity contribution in [2.24, 2.45) is 5.73 Å². The van der Waals surface area contributed by atoms with Crippen LogP contribution in [0.3, 0.4) is 0 Å². The van der Waals surface area contributed by atoms with Gasteiger partial charge in [-0.1, -0.05) is 24.3 Å². The molecule has 0 spiro atoms. The lowest BCUT2D eigenvalue weighted by molar-refractivity contribution is 0.279. The summed E-state index contributed by atoms with van der Waals surface area (Å²) >= 11 is 0. The maximum Gasteiger partial charge on any atom is 0.0706 e. The van der Waals surface area contributed by atoms with Crippen LogP contribution in [0.2, 0.25) is 0 Å². The Balaban J connectivity index is 2.25. The van der Waals surface area contributed by atoms with Gasteiger partial charge in [-0.2, -0.15) is 0 Å². The van der Waals surface area contributed by atoms with Crippen LogP contribution in [0.5, 0.6) is 0 Å². The zero-order valence-electron chi connectivity index (χ0n) is 9.13. The zero-order chi connectivity index (χ0) is 11.4. The van der Waals surface area contributed by atoms with Crippen LogP contribution in [0.4, 0.5) is 0 Å². The molecule has 3 N–H and O–H groups in total. The molecule has 1 aromatic carbocycles. The quantitative estimate of drug-likeness (QED) is 0.821. The van der Waals surface area contributed by atoms with Gasteiger partial charge in [0, 0.05) is 18.0 Å². The maximum atomic E-state index is 8.76. The fourth-order valence-corrected chi connectivity index (χ4v) is 1.75. The van der Waals surface area contributed by atoms with Gasteiger partial charge in [0.05, 0.1) is 11.2 Å². The number of aliphatic hydroxyl groups is 1. The Morgan fingerprint density at radius 2 is 2.00 bits per heavy atom. The standard InChI is InChI=1S/C13H16N2O/c14-11(5-3-9-16)13-8-7-10-4-1-2-6-12(10)15-13/h1-2,4,6-8,11,16H,3,5,9,14H2/t11-/m1/s1. The SMILES string of the molecule is N[C@H](CCCO)c1ccc2ccccc2n1. The minimum Gasteiger partial charge on any atom is -0.396 e. The first kappa shape index (κ1) is 11.0. The van der Waals surface area contributed by atoms with Crippen LogP contribution in [0.25, 0.3) is 10.9 Å². The fraction of sp³-hybridized carbons (Fsp3) is 0.308. The summed E-state index contributed by atoms with van der Waals surface area (Å²) < 4.78 is 0. The van der Waals surface area contributed by atoms with E-state index in [0.29, 0.717) is 0 Å². The van der Waals surface area contributed by atoms with Crippen LogP contribution in [0.1, 0.15) is 24.6 Å². The highest BCUT2D eigenvalue weighted by Gasteiger charge is 2.07. The number of aromatic nitrogens is 1. The molecule has 3 heteroatoms. The number of fused-ring (bicyclic) bond motifs is 1. The van der Waals surface area contributed by atoms with Crippen molar-refractivity contribution in [3.05, 3.63) is 42.1 Å². The monoisotopic (exact) mass is 216 g/mol. The molecular weight excluding hydrogens is 200 g/mol. The van der Waals surface area contributed by atoms with Crippen molar-refractivity contribution in [2.75, 3.05) is 6.61 Å². The molecule has 0 fully saturated rings. The highest BCUT2D eigenvalue weighted by molar-refractivity contribution is 5.78. The molecule has 16 heavy (non-hydrogen) atoms. The van der Waals surface area contributed by atoms with E-state index in [1.165, 1.54) is 0 Å². The Morgan fingerprint density at radius 3 is 2.81 bits per heavy atom. The largest absolute Gasteiger partial charge is 0.396 e. The number of hydrogen-bond acceptors (Lipinski definition) is 3. The highest BCUT2D eigenvalue weighted by atomic mass is 16.2. The Hall–Kier alpha value is -1.45. The van der Waals surface area contributed by atoms with Crippen molar-refractivity contribution < 1.29 is 5.11 Å². The van der Waals surface area contributed by atoms with Crippen molar-refractivity contribution in [3.63, 3.8) is 0 Å². The predicted octanol–water partition coefficient (Wildman–Crippen LogP) is 2.01. The van der Waals surface area contributed by atoms with Crippen LogP contribution < -0.4 is 5.73 Å². The number of hydrogen-bond donors (Lipinski definition) is 2. The molecule has 0 saturated carbocycles. The number of aliphatic hydroxyl groups excluding tert-OH is 1. The number of pyridine rings is 1. The smallest absolute Gasteiger partial charge is 0.0706 e. The molecule has 2 aromatic rings. The van der Waals surface area contributed by atoms with Crippen LogP contribution in [0, 0.1) is 0 Å². The summed E-state index contributed by atoms with van der Waals surface area (Å²) in [4.78, 5) is 4.52. The number of nitrogens with zero attached hydrogens (tertiary/aromatic N) is 1. The van der Waals surface area contributed by atoms with Crippen molar-refractivity contribution in [3.8, 4) is 0 Å². The molecule has 2 rings (SSSR count). The molecule has 0 radical (unpaired) electrons. The van der Waals surface area contributed by atoms with E-state index in [2.05, 4.69) is 4.98 Å². The average Bonchev–Trinajstić information content (AvgIpc) is 2.35. The summed E-state index contributed by atoms with van der Waals surface area (Å²) in [6.07, 6.45) is 1.48. The van der Waals surface area contributed by atoms with Gasteiger partial charge in [-0.3, -0.25) is 4.98 Å². The van der Waals surface area contributed by atoms with Crippen LogP contribution in [-0.2, 0) is 0 Å². The second-order valence-corrected chi connectivity index (χ2v) is 3.90. The first-order valence-corrected chi connectivity index (χ1v) is 5.53. The van der Waals surface area contributed by atoms with E-state index in [9.17, 15) is 0 Å². The molecule has 3 nitrogen and oxygen atoms in total. The molecule has 0 amide bonds. The van der Waals surface area contributed by atoms with Crippen LogP contribution in [-0.4, -0.2) is 16.7 Å². The molecule has 84 valence electrons. The predicted molar refractivity (Wildman–Crippen MR) is 65.0 cm³/mol. The summed E-state index contributed by atoms with van der Waals surface area (Å²) in [5.74, 6) is 0. The lowest BCUT2D eigenvalue weighted by Crippen LogP contribution is -2.12. The van der Waals surface area contributed by atoms with Gasteiger partial charge in [0.2, 0.25) is 0 Å². The molecule has 0 saturated heterocycles. The maximum absolute atomic E-state index is 8.76. The van der Waals surface area contributed by atoms with Gasteiger partial charge >= 0.3 is 0 Å². The second kappa shape index (κ2) is 5.05. The molecule has 0 bridgehead atoms. The Kier molecular flexibility index (Phi) is 3.49. The van der Waals surface area contributed by atoms with E-state index in [1.54, 1.807) is 0 Å². The summed E-state index contributed by atoms with van der Waals surface area (Å²) in [5.41, 5.74) is 7.87. The normalized spacial score (nSPS) is 12.9. The first-order valence-electron chi connectivity index (χ1n) is 5.53. The molecular formula is C13H16N2O. The fourth-order valence-electron chi connectivity index (χ4n) is 1.75. The van der Waals surface area contributed by atoms with E-state index in [4.69, 9.17) is 10.8 Å². The van der Waals surface area contributed by atoms with Crippen molar-refractivity contribution in [2.45, 2.75) is 18.9 Å². The Morgan fingerprint density at radius 1 is 1.19 bits per heavy atom. The van der Waals surface area contributed by atoms with Gasteiger partial charge in [-0.15, -0.1) is 0 Å². The van der Waals surface area contributed by atoms with E-state index in [0.717, 1.165) is 29.4 Å². The van der Waals surface area contributed by atoms with E-state index in [1.807, 2.05) is 36.4 Å². The number of nitrogens with two attached hydrogens (primary N) is 1. The molecule has 0 aliphatic rings. The van der Waals surface area contributed by atoms with Crippen molar-refractivity contribution in [1.29, 1.82) is 0 Å². The average molecular weight is 216 g/mol. The first-order chi connectivity index (χ1) is 7.81. The number of para-hydroxylation sites is 1. The summed E-state index contributed by atoms with van der Waals surface area (Å²) in [6.45, 7) is 0.182. The number of rotatable bonds is 4. The highest BCUT2D eigenvalue weighted by Crippen LogP contribution is 2.17. The second-order valence-electron chi connectivity index (χ2n) is 3.90. The van der Waals surface area contributed by atoms with Gasteiger partial charge < -0.3 is 10.8 Å². The molecule has 0 unspecified atom stereocenters.